The lowest BCUT2D eigenvalue weighted by Gasteiger charge is -2.29. The van der Waals surface area contributed by atoms with Crippen LogP contribution in [0.25, 0.3) is 0 Å². The molecule has 1 aliphatic rings. The third kappa shape index (κ3) is 4.08. The van der Waals surface area contributed by atoms with Crippen LogP contribution in [0.5, 0.6) is 0 Å². The number of amides is 1. The molecule has 0 bridgehead atoms. The average Bonchev–Trinajstić information content (AvgIpc) is 2.57. The lowest BCUT2D eigenvalue weighted by molar-refractivity contribution is -0.151. The highest BCUT2D eigenvalue weighted by atomic mass is 16.4. The van der Waals surface area contributed by atoms with Crippen molar-refractivity contribution in [3.05, 3.63) is 37.0 Å². The molecular formula is C16H23NO3. The minimum Gasteiger partial charge on any atom is -0.480 e. The van der Waals surface area contributed by atoms with Crippen LogP contribution in [-0.4, -0.2) is 34.5 Å². The Morgan fingerprint density at radius 3 is 2.75 bits per heavy atom. The number of nitrogens with zero attached hydrogens (tertiary/aromatic N) is 1. The first-order chi connectivity index (χ1) is 9.51. The molecule has 2 atom stereocenters. The Bertz CT molecular complexity index is 425. The fourth-order valence-corrected chi connectivity index (χ4v) is 2.48. The van der Waals surface area contributed by atoms with Crippen molar-refractivity contribution < 1.29 is 14.7 Å². The van der Waals surface area contributed by atoms with Crippen LogP contribution in [0.2, 0.25) is 0 Å². The molecule has 4 heteroatoms. The van der Waals surface area contributed by atoms with Crippen molar-refractivity contribution in [1.82, 2.24) is 4.90 Å². The van der Waals surface area contributed by atoms with Crippen LogP contribution >= 0.6 is 0 Å². The van der Waals surface area contributed by atoms with Crippen molar-refractivity contribution in [2.75, 3.05) is 6.54 Å². The summed E-state index contributed by atoms with van der Waals surface area (Å²) in [6, 6.07) is -0.827. The molecule has 1 rings (SSSR count). The van der Waals surface area contributed by atoms with Crippen molar-refractivity contribution >= 4 is 11.9 Å². The van der Waals surface area contributed by atoms with E-state index in [9.17, 15) is 14.7 Å². The van der Waals surface area contributed by atoms with Gasteiger partial charge in [0.15, 0.2) is 0 Å². The number of rotatable bonds is 6. The standard InChI is InChI=1S/C16H23NO3/c1-4-8-13(5-2)11-14(16(19)20)17-10-7-6-9-12(3)15(17)18/h4-5,8,12,14H,1-2,6-7,9-11H2,3H3,(H,19,20)/b13-8+. The fourth-order valence-electron chi connectivity index (χ4n) is 2.48. The van der Waals surface area contributed by atoms with Crippen LogP contribution in [0.1, 0.15) is 32.6 Å². The summed E-state index contributed by atoms with van der Waals surface area (Å²) in [5.74, 6) is -1.13. The maximum absolute atomic E-state index is 12.3. The van der Waals surface area contributed by atoms with Gasteiger partial charge in [0.1, 0.15) is 6.04 Å². The van der Waals surface area contributed by atoms with E-state index >= 15 is 0 Å². The number of likely N-dealkylation sites (tertiary alicyclic amines) is 1. The minimum absolute atomic E-state index is 0.0584. The maximum Gasteiger partial charge on any atom is 0.326 e. The summed E-state index contributed by atoms with van der Waals surface area (Å²) in [4.78, 5) is 25.4. The molecule has 4 nitrogen and oxygen atoms in total. The molecule has 2 unspecified atom stereocenters. The number of carbonyl (C=O) groups is 2. The zero-order chi connectivity index (χ0) is 15.1. The predicted octanol–water partition coefficient (Wildman–Crippen LogP) is 2.78. The molecular weight excluding hydrogens is 254 g/mol. The van der Waals surface area contributed by atoms with Crippen molar-refractivity contribution in [3.8, 4) is 0 Å². The van der Waals surface area contributed by atoms with Gasteiger partial charge in [-0.25, -0.2) is 4.79 Å². The van der Waals surface area contributed by atoms with E-state index < -0.39 is 12.0 Å². The van der Waals surface area contributed by atoms with E-state index in [-0.39, 0.29) is 18.2 Å². The first-order valence-corrected chi connectivity index (χ1v) is 6.98. The van der Waals surface area contributed by atoms with Gasteiger partial charge in [0.25, 0.3) is 0 Å². The second kappa shape index (κ2) is 7.68. The Morgan fingerprint density at radius 2 is 2.20 bits per heavy atom. The lowest BCUT2D eigenvalue weighted by atomic mass is 10.0. The third-order valence-electron chi connectivity index (χ3n) is 3.68. The second-order valence-electron chi connectivity index (χ2n) is 5.17. The van der Waals surface area contributed by atoms with Gasteiger partial charge in [-0.15, -0.1) is 0 Å². The Kier molecular flexibility index (Phi) is 6.22. The van der Waals surface area contributed by atoms with Crippen LogP contribution < -0.4 is 0 Å². The molecule has 1 fully saturated rings. The first-order valence-electron chi connectivity index (χ1n) is 6.98. The Hall–Kier alpha value is -1.84. The van der Waals surface area contributed by atoms with Crippen molar-refractivity contribution in [2.45, 2.75) is 38.6 Å². The van der Waals surface area contributed by atoms with Crippen LogP contribution in [-0.2, 0) is 9.59 Å². The van der Waals surface area contributed by atoms with Gasteiger partial charge in [-0.1, -0.05) is 44.7 Å². The van der Waals surface area contributed by atoms with Gasteiger partial charge in [-0.2, -0.15) is 0 Å². The van der Waals surface area contributed by atoms with Gasteiger partial charge in [0, 0.05) is 18.9 Å². The number of carboxylic acid groups (broad SMARTS) is 1. The molecule has 1 heterocycles. The van der Waals surface area contributed by atoms with Gasteiger partial charge in [0.05, 0.1) is 0 Å². The largest absolute Gasteiger partial charge is 0.480 e. The lowest BCUT2D eigenvalue weighted by Crippen LogP contribution is -2.46. The fraction of sp³-hybridized carbons (Fsp3) is 0.500. The van der Waals surface area contributed by atoms with Gasteiger partial charge in [-0.05, 0) is 18.4 Å². The molecule has 1 aliphatic heterocycles. The number of carbonyl (C=O) groups excluding carboxylic acids is 1. The highest BCUT2D eigenvalue weighted by Gasteiger charge is 2.33. The molecule has 0 aliphatic carbocycles. The normalized spacial score (nSPS) is 22.1. The smallest absolute Gasteiger partial charge is 0.326 e. The van der Waals surface area contributed by atoms with E-state index in [1.807, 2.05) is 6.92 Å². The Morgan fingerprint density at radius 1 is 1.50 bits per heavy atom. The zero-order valence-corrected chi connectivity index (χ0v) is 12.0. The quantitative estimate of drug-likeness (QED) is 0.759. The van der Waals surface area contributed by atoms with Crippen molar-refractivity contribution in [2.24, 2.45) is 5.92 Å². The second-order valence-corrected chi connectivity index (χ2v) is 5.17. The molecule has 1 amide bonds. The number of carboxylic acids is 1. The van der Waals surface area contributed by atoms with E-state index in [0.29, 0.717) is 6.54 Å². The van der Waals surface area contributed by atoms with Gasteiger partial charge in [-0.3, -0.25) is 4.79 Å². The van der Waals surface area contributed by atoms with E-state index in [1.54, 1.807) is 18.2 Å². The minimum atomic E-state index is -0.968. The highest BCUT2D eigenvalue weighted by Crippen LogP contribution is 2.22. The molecule has 1 N–H and O–H groups in total. The van der Waals surface area contributed by atoms with E-state index in [2.05, 4.69) is 13.2 Å². The summed E-state index contributed by atoms with van der Waals surface area (Å²) in [5.41, 5.74) is 0.775. The molecule has 1 saturated heterocycles. The summed E-state index contributed by atoms with van der Waals surface area (Å²) in [7, 11) is 0. The van der Waals surface area contributed by atoms with E-state index in [4.69, 9.17) is 0 Å². The van der Waals surface area contributed by atoms with E-state index in [1.165, 1.54) is 4.90 Å². The number of aliphatic carboxylic acids is 1. The van der Waals surface area contributed by atoms with Crippen molar-refractivity contribution in [3.63, 3.8) is 0 Å². The number of allylic oxidation sites excluding steroid dienone is 3. The van der Waals surface area contributed by atoms with Crippen LogP contribution in [0, 0.1) is 5.92 Å². The maximum atomic E-state index is 12.3. The average molecular weight is 277 g/mol. The van der Waals surface area contributed by atoms with Crippen LogP contribution in [0.15, 0.2) is 37.0 Å². The molecule has 0 aromatic carbocycles. The van der Waals surface area contributed by atoms with Crippen molar-refractivity contribution in [1.29, 1.82) is 0 Å². The van der Waals surface area contributed by atoms with Crippen LogP contribution in [0.3, 0.4) is 0 Å². The molecule has 0 aromatic heterocycles. The summed E-state index contributed by atoms with van der Waals surface area (Å²) in [6.07, 6.45) is 7.86. The summed E-state index contributed by atoms with van der Waals surface area (Å²) in [5, 5.41) is 9.45. The molecule has 0 saturated carbocycles. The first kappa shape index (κ1) is 16.2. The van der Waals surface area contributed by atoms with Gasteiger partial charge in [0.2, 0.25) is 5.91 Å². The topological polar surface area (TPSA) is 57.6 Å². The molecule has 0 spiro atoms. The number of hydrogen-bond acceptors (Lipinski definition) is 2. The highest BCUT2D eigenvalue weighted by molar-refractivity contribution is 5.85. The molecule has 0 radical (unpaired) electrons. The zero-order valence-electron chi connectivity index (χ0n) is 12.0. The molecule has 20 heavy (non-hydrogen) atoms. The Labute approximate surface area is 120 Å². The third-order valence-corrected chi connectivity index (χ3v) is 3.68. The summed E-state index contributed by atoms with van der Waals surface area (Å²) in [6.45, 7) is 9.66. The summed E-state index contributed by atoms with van der Waals surface area (Å²) < 4.78 is 0. The SMILES string of the molecule is C=C/C=C(\C=C)CC(C(=O)O)N1CCCCC(C)C1=O. The molecule has 0 aromatic rings. The predicted molar refractivity (Wildman–Crippen MR) is 79.2 cm³/mol. The van der Waals surface area contributed by atoms with Gasteiger partial charge >= 0.3 is 5.97 Å². The molecule has 110 valence electrons. The summed E-state index contributed by atoms with van der Waals surface area (Å²) >= 11 is 0. The monoisotopic (exact) mass is 277 g/mol. The van der Waals surface area contributed by atoms with Gasteiger partial charge < -0.3 is 10.0 Å². The van der Waals surface area contributed by atoms with Crippen LogP contribution in [0.4, 0.5) is 0 Å². The Balaban J connectivity index is 2.96. The number of hydrogen-bond donors (Lipinski definition) is 1. The van der Waals surface area contributed by atoms with E-state index in [0.717, 1.165) is 24.8 Å².